The van der Waals surface area contributed by atoms with Gasteiger partial charge >= 0.3 is 0 Å². The van der Waals surface area contributed by atoms with Gasteiger partial charge in [-0.15, -0.1) is 0 Å². The van der Waals surface area contributed by atoms with Crippen LogP contribution in [-0.2, 0) is 4.74 Å². The van der Waals surface area contributed by atoms with Crippen molar-refractivity contribution in [1.82, 2.24) is 9.97 Å². The summed E-state index contributed by atoms with van der Waals surface area (Å²) < 4.78 is 20.4. The molecule has 0 unspecified atom stereocenters. The Balaban J connectivity index is 1.44. The van der Waals surface area contributed by atoms with E-state index >= 15 is 0 Å². The van der Waals surface area contributed by atoms with E-state index in [1.807, 2.05) is 6.07 Å². The van der Waals surface area contributed by atoms with Gasteiger partial charge < -0.3 is 20.7 Å². The number of halogens is 1. The van der Waals surface area contributed by atoms with Crippen LogP contribution in [0.15, 0.2) is 42.9 Å². The highest BCUT2D eigenvalue weighted by atomic mass is 19.1. The summed E-state index contributed by atoms with van der Waals surface area (Å²) in [6, 6.07) is 6.97. The molecule has 0 radical (unpaired) electrons. The van der Waals surface area contributed by atoms with Crippen LogP contribution in [0.5, 0.6) is 0 Å². The Morgan fingerprint density at radius 1 is 1.17 bits per heavy atom. The Hall–Kier alpha value is -3.10. The molecule has 0 bridgehead atoms. The molecule has 190 valence electrons. The number of nitrogens with two attached hydrogens (primary N) is 1. The molecule has 5 atom stereocenters. The number of rotatable bonds is 5. The van der Waals surface area contributed by atoms with Gasteiger partial charge in [-0.2, -0.15) is 0 Å². The van der Waals surface area contributed by atoms with Crippen molar-refractivity contribution in [2.24, 2.45) is 11.7 Å². The molecule has 3 N–H and O–H groups in total. The Bertz CT molecular complexity index is 1260. The molecule has 7 nitrogen and oxygen atoms in total. The second-order valence-electron chi connectivity index (χ2n) is 10.5. The molecule has 1 aromatic carbocycles. The molecule has 36 heavy (non-hydrogen) atoms. The molecule has 2 fully saturated rings. The van der Waals surface area contributed by atoms with Crippen molar-refractivity contribution < 1.29 is 13.9 Å². The number of pyridine rings is 2. The fourth-order valence-electron chi connectivity index (χ4n) is 5.99. The number of hydrogen-bond donors (Lipinski definition) is 2. The van der Waals surface area contributed by atoms with Crippen LogP contribution in [0.4, 0.5) is 15.8 Å². The molecule has 2 aromatic heterocycles. The maximum absolute atomic E-state index is 14.9. The fourth-order valence-corrected chi connectivity index (χ4v) is 5.99. The first-order chi connectivity index (χ1) is 17.3. The van der Waals surface area contributed by atoms with Crippen LogP contribution in [0.1, 0.15) is 61.4 Å². The van der Waals surface area contributed by atoms with Gasteiger partial charge in [0.2, 0.25) is 0 Å². The number of hydrogen-bond acceptors (Lipinski definition) is 6. The van der Waals surface area contributed by atoms with Gasteiger partial charge in [-0.1, -0.05) is 6.92 Å². The average Bonchev–Trinajstić information content (AvgIpc) is 3.24. The van der Waals surface area contributed by atoms with Crippen molar-refractivity contribution in [3.8, 4) is 0 Å². The van der Waals surface area contributed by atoms with E-state index in [9.17, 15) is 9.18 Å². The number of methoxy groups -OCH3 is 1. The van der Waals surface area contributed by atoms with Gasteiger partial charge in [0.1, 0.15) is 5.82 Å². The number of ether oxygens (including phenoxy) is 1. The molecule has 2 aliphatic rings. The van der Waals surface area contributed by atoms with Crippen molar-refractivity contribution in [3.63, 3.8) is 0 Å². The number of nitrogens with zero attached hydrogens (tertiary/aromatic N) is 3. The minimum absolute atomic E-state index is 0.132. The van der Waals surface area contributed by atoms with Crippen molar-refractivity contribution in [2.75, 3.05) is 23.9 Å². The summed E-state index contributed by atoms with van der Waals surface area (Å²) in [5.41, 5.74) is 9.49. The van der Waals surface area contributed by atoms with Crippen molar-refractivity contribution in [1.29, 1.82) is 0 Å². The van der Waals surface area contributed by atoms with Gasteiger partial charge in [0, 0.05) is 37.3 Å². The minimum Gasteiger partial charge on any atom is -0.380 e. The maximum Gasteiger partial charge on any atom is 0.257 e. The monoisotopic (exact) mass is 491 g/mol. The first-order valence-electron chi connectivity index (χ1n) is 12.7. The van der Waals surface area contributed by atoms with Crippen LogP contribution in [0.3, 0.4) is 0 Å². The largest absolute Gasteiger partial charge is 0.380 e. The predicted molar refractivity (Wildman–Crippen MR) is 140 cm³/mol. The first kappa shape index (κ1) is 24.6. The second-order valence-corrected chi connectivity index (χ2v) is 10.5. The Morgan fingerprint density at radius 3 is 2.75 bits per heavy atom. The lowest BCUT2D eigenvalue weighted by atomic mass is 9.76. The molecule has 1 amide bonds. The van der Waals surface area contributed by atoms with Crippen LogP contribution in [0, 0.1) is 11.7 Å². The summed E-state index contributed by atoms with van der Waals surface area (Å²) >= 11 is 0. The molecule has 0 spiro atoms. The molecule has 3 aromatic rings. The lowest BCUT2D eigenvalue weighted by Crippen LogP contribution is -2.31. The van der Waals surface area contributed by atoms with Gasteiger partial charge in [-0.25, -0.2) is 4.39 Å². The quantitative estimate of drug-likeness (QED) is 0.529. The zero-order valence-electron chi connectivity index (χ0n) is 21.1. The van der Waals surface area contributed by atoms with E-state index in [1.54, 1.807) is 31.8 Å². The van der Waals surface area contributed by atoms with Gasteiger partial charge in [0.25, 0.3) is 5.91 Å². The minimum atomic E-state index is -0.404. The zero-order valence-corrected chi connectivity index (χ0v) is 21.1. The lowest BCUT2D eigenvalue weighted by Gasteiger charge is -2.32. The molecular weight excluding hydrogens is 457 g/mol. The molecule has 3 heterocycles. The molecule has 5 rings (SSSR count). The molecule has 1 saturated carbocycles. The van der Waals surface area contributed by atoms with E-state index in [0.717, 1.165) is 43.5 Å². The Kier molecular flexibility index (Phi) is 6.90. The predicted octanol–water partition coefficient (Wildman–Crippen LogP) is 4.87. The number of anilines is 2. The van der Waals surface area contributed by atoms with E-state index in [2.05, 4.69) is 34.0 Å². The molecular formula is C28H34FN5O2. The van der Waals surface area contributed by atoms with Gasteiger partial charge in [-0.05, 0) is 74.3 Å². The van der Waals surface area contributed by atoms with Crippen LogP contribution in [0.25, 0.3) is 10.9 Å². The summed E-state index contributed by atoms with van der Waals surface area (Å²) in [5.74, 6) is 0.0356. The zero-order chi connectivity index (χ0) is 25.4. The first-order valence-corrected chi connectivity index (χ1v) is 12.7. The summed E-state index contributed by atoms with van der Waals surface area (Å²) in [5, 5.41) is 3.35. The Labute approximate surface area is 211 Å². The third kappa shape index (κ3) is 4.80. The number of benzene rings is 1. The molecule has 8 heteroatoms. The number of aromatic nitrogens is 2. The van der Waals surface area contributed by atoms with E-state index in [1.165, 1.54) is 12.1 Å². The maximum atomic E-state index is 14.9. The molecule has 1 saturated heterocycles. The topological polar surface area (TPSA) is 93.4 Å². The van der Waals surface area contributed by atoms with Gasteiger partial charge in [0.05, 0.1) is 41.0 Å². The fraction of sp³-hybridized carbons (Fsp3) is 0.464. The van der Waals surface area contributed by atoms with Crippen LogP contribution >= 0.6 is 0 Å². The van der Waals surface area contributed by atoms with Gasteiger partial charge in [0.15, 0.2) is 0 Å². The van der Waals surface area contributed by atoms with E-state index in [4.69, 9.17) is 10.5 Å². The number of fused-ring (bicyclic) bond motifs is 1. The van der Waals surface area contributed by atoms with E-state index in [-0.39, 0.29) is 30.0 Å². The second kappa shape index (κ2) is 10.1. The summed E-state index contributed by atoms with van der Waals surface area (Å²) in [6.07, 6.45) is 9.08. The normalized spacial score (nSPS) is 26.4. The van der Waals surface area contributed by atoms with Crippen molar-refractivity contribution >= 4 is 28.2 Å². The number of carbonyl (C=O) groups excluding carboxylic acids is 1. The van der Waals surface area contributed by atoms with E-state index < -0.39 is 5.82 Å². The van der Waals surface area contributed by atoms with Crippen molar-refractivity contribution in [3.05, 3.63) is 59.8 Å². The highest BCUT2D eigenvalue weighted by molar-refractivity contribution is 6.12. The van der Waals surface area contributed by atoms with Crippen LogP contribution in [0.2, 0.25) is 0 Å². The van der Waals surface area contributed by atoms with Crippen molar-refractivity contribution in [2.45, 2.75) is 63.6 Å². The summed E-state index contributed by atoms with van der Waals surface area (Å²) in [6.45, 7) is 5.06. The lowest BCUT2D eigenvalue weighted by molar-refractivity contribution is 0.102. The summed E-state index contributed by atoms with van der Waals surface area (Å²) in [7, 11) is 1.71. The number of nitrogens with one attached hydrogen (secondary N) is 1. The SMILES string of the molecule is CO[C@@H]1C[C@@H](C)N(c2cnc3c(C(=O)Nc4cnccc4[C@@H]4C[C@H](C)C[C@H](N)C4)ccc(F)c3c2)C1. The third-order valence-electron chi connectivity index (χ3n) is 7.75. The Morgan fingerprint density at radius 2 is 2.00 bits per heavy atom. The summed E-state index contributed by atoms with van der Waals surface area (Å²) in [4.78, 5) is 24.4. The number of amides is 1. The standard InChI is InChI=1S/C28H34FN5O2/c1-16-8-18(11-19(30)9-16)22-6-7-31-14-26(22)33-28(35)23-4-5-25(29)24-12-20(13-32-27(23)24)34-15-21(36-3)10-17(34)2/h4-7,12-14,16-19,21H,8-11,15,30H2,1-3H3,(H,33,35)/t16-,17+,18+,19-,21+/m0/s1. The third-order valence-corrected chi connectivity index (χ3v) is 7.75. The smallest absolute Gasteiger partial charge is 0.257 e. The van der Waals surface area contributed by atoms with Gasteiger partial charge in [-0.3, -0.25) is 14.8 Å². The van der Waals surface area contributed by atoms with E-state index in [0.29, 0.717) is 28.1 Å². The highest BCUT2D eigenvalue weighted by Crippen LogP contribution is 2.38. The highest BCUT2D eigenvalue weighted by Gasteiger charge is 2.30. The number of carbonyl (C=O) groups is 1. The molecule has 1 aliphatic carbocycles. The van der Waals surface area contributed by atoms with Crippen LogP contribution < -0.4 is 16.0 Å². The average molecular weight is 492 g/mol. The van der Waals surface area contributed by atoms with Crippen LogP contribution in [-0.4, -0.2) is 47.7 Å². The molecule has 1 aliphatic heterocycles.